The van der Waals surface area contributed by atoms with Crippen molar-refractivity contribution in [1.29, 1.82) is 0 Å². The maximum absolute atomic E-state index is 14.1. The van der Waals surface area contributed by atoms with Gasteiger partial charge in [0.05, 0.1) is 5.69 Å². The van der Waals surface area contributed by atoms with Crippen LogP contribution < -0.4 is 10.2 Å². The molecule has 0 bridgehead atoms. The first kappa shape index (κ1) is 19.8. The second kappa shape index (κ2) is 8.80. The van der Waals surface area contributed by atoms with Gasteiger partial charge in [-0.2, -0.15) is 0 Å². The summed E-state index contributed by atoms with van der Waals surface area (Å²) in [5.74, 6) is -0.0222. The summed E-state index contributed by atoms with van der Waals surface area (Å²) in [5, 5.41) is 2.86. The fourth-order valence-electron chi connectivity index (χ4n) is 2.73. The molecule has 0 aliphatic carbocycles. The number of aromatic nitrogens is 2. The maximum Gasteiger partial charge on any atom is 0.218 e. The molecule has 0 unspecified atom stereocenters. The van der Waals surface area contributed by atoms with Gasteiger partial charge >= 0.3 is 0 Å². The van der Waals surface area contributed by atoms with Crippen LogP contribution in [0.5, 0.6) is 0 Å². The molecule has 0 radical (unpaired) electrons. The van der Waals surface area contributed by atoms with Crippen molar-refractivity contribution >= 4 is 35.2 Å². The molecular weight excluding hydrogens is 379 g/mol. The number of carbonyl (C=O) groups excluding carboxylic acids is 1. The van der Waals surface area contributed by atoms with Gasteiger partial charge in [0.1, 0.15) is 0 Å². The van der Waals surface area contributed by atoms with Gasteiger partial charge in [-0.3, -0.25) is 14.7 Å². The van der Waals surface area contributed by atoms with Crippen LogP contribution in [0, 0.1) is 5.82 Å². The molecule has 1 amide bonds. The summed E-state index contributed by atoms with van der Waals surface area (Å²) in [7, 11) is 0. The van der Waals surface area contributed by atoms with Crippen LogP contribution in [0.2, 0.25) is 5.15 Å². The number of benzene rings is 1. The third kappa shape index (κ3) is 4.46. The number of hydrogen-bond acceptors (Lipinski definition) is 4. The molecule has 0 saturated heterocycles. The predicted molar refractivity (Wildman–Crippen MR) is 110 cm³/mol. The van der Waals surface area contributed by atoms with Gasteiger partial charge in [-0.15, -0.1) is 0 Å². The Labute approximate surface area is 168 Å². The number of pyridine rings is 2. The van der Waals surface area contributed by atoms with Crippen LogP contribution in [-0.2, 0) is 11.3 Å². The molecule has 0 fully saturated rings. The standard InChI is InChI=1S/C21H20ClFN4O/c1-14(2)16-3-5-17(6-4-16)27(13-28)19-11-18(23)20(22)26-21(19)25-12-15-7-9-24-10-8-15/h3-11,13-14H,12H2,1-2H3,(H,25,26). The van der Waals surface area contributed by atoms with Gasteiger partial charge in [-0.25, -0.2) is 9.37 Å². The fraction of sp³-hybridized carbons (Fsp3) is 0.190. The first-order chi connectivity index (χ1) is 13.5. The second-order valence-corrected chi connectivity index (χ2v) is 6.92. The number of carbonyl (C=O) groups is 1. The molecule has 0 spiro atoms. The SMILES string of the molecule is CC(C)c1ccc(N(C=O)c2cc(F)c(Cl)nc2NCc2ccncc2)cc1. The summed E-state index contributed by atoms with van der Waals surface area (Å²) in [6, 6.07) is 12.4. The predicted octanol–water partition coefficient (Wildman–Crippen LogP) is 5.30. The van der Waals surface area contributed by atoms with Crippen LogP contribution in [0.25, 0.3) is 0 Å². The van der Waals surface area contributed by atoms with Crippen molar-refractivity contribution in [3.8, 4) is 0 Å². The van der Waals surface area contributed by atoms with E-state index in [1.165, 1.54) is 11.0 Å². The maximum atomic E-state index is 14.1. The van der Waals surface area contributed by atoms with Gasteiger partial charge in [-0.05, 0) is 41.3 Å². The van der Waals surface area contributed by atoms with Crippen molar-refractivity contribution in [3.05, 3.63) is 77.0 Å². The van der Waals surface area contributed by atoms with Gasteiger partial charge in [0.25, 0.3) is 0 Å². The van der Waals surface area contributed by atoms with E-state index < -0.39 is 5.82 Å². The second-order valence-electron chi connectivity index (χ2n) is 6.56. The van der Waals surface area contributed by atoms with Crippen LogP contribution in [0.3, 0.4) is 0 Å². The van der Waals surface area contributed by atoms with E-state index in [0.717, 1.165) is 11.1 Å². The molecule has 0 aliphatic rings. The molecule has 144 valence electrons. The lowest BCUT2D eigenvalue weighted by atomic mass is 10.0. The quantitative estimate of drug-likeness (QED) is 0.433. The molecule has 3 aromatic rings. The van der Waals surface area contributed by atoms with E-state index in [-0.39, 0.29) is 10.8 Å². The Morgan fingerprint density at radius 3 is 2.46 bits per heavy atom. The van der Waals surface area contributed by atoms with Crippen LogP contribution in [-0.4, -0.2) is 16.4 Å². The zero-order valence-electron chi connectivity index (χ0n) is 15.6. The summed E-state index contributed by atoms with van der Waals surface area (Å²) in [4.78, 5) is 21.3. The Hall–Kier alpha value is -2.99. The highest BCUT2D eigenvalue weighted by Gasteiger charge is 2.18. The number of anilines is 3. The van der Waals surface area contributed by atoms with E-state index in [1.807, 2.05) is 36.4 Å². The van der Waals surface area contributed by atoms with Crippen molar-refractivity contribution in [2.45, 2.75) is 26.3 Å². The average Bonchev–Trinajstić information content (AvgIpc) is 2.71. The minimum absolute atomic E-state index is 0.262. The minimum Gasteiger partial charge on any atom is -0.364 e. The van der Waals surface area contributed by atoms with Gasteiger partial charge < -0.3 is 5.32 Å². The molecule has 7 heteroatoms. The van der Waals surface area contributed by atoms with Gasteiger partial charge in [0.2, 0.25) is 6.41 Å². The molecule has 1 N–H and O–H groups in total. The topological polar surface area (TPSA) is 58.1 Å². The molecule has 5 nitrogen and oxygen atoms in total. The first-order valence-electron chi connectivity index (χ1n) is 8.83. The Bertz CT molecular complexity index is 949. The van der Waals surface area contributed by atoms with Crippen LogP contribution >= 0.6 is 11.6 Å². The van der Waals surface area contributed by atoms with Gasteiger partial charge in [-0.1, -0.05) is 37.6 Å². The molecular formula is C21H20ClFN4O. The summed E-state index contributed by atoms with van der Waals surface area (Å²) < 4.78 is 14.1. The largest absolute Gasteiger partial charge is 0.364 e. The average molecular weight is 399 g/mol. The summed E-state index contributed by atoms with van der Waals surface area (Å²) in [6.45, 7) is 4.60. The number of rotatable bonds is 7. The summed E-state index contributed by atoms with van der Waals surface area (Å²) in [6.07, 6.45) is 3.99. The molecule has 2 aromatic heterocycles. The van der Waals surface area contributed by atoms with E-state index >= 15 is 0 Å². The number of halogens is 2. The molecule has 3 rings (SSSR count). The van der Waals surface area contributed by atoms with Crippen LogP contribution in [0.1, 0.15) is 30.9 Å². The van der Waals surface area contributed by atoms with Crippen molar-refractivity contribution < 1.29 is 9.18 Å². The van der Waals surface area contributed by atoms with Gasteiger partial charge in [0, 0.05) is 30.7 Å². The highest BCUT2D eigenvalue weighted by molar-refractivity contribution is 6.29. The van der Waals surface area contributed by atoms with E-state index in [0.29, 0.717) is 30.4 Å². The zero-order valence-corrected chi connectivity index (χ0v) is 16.3. The molecule has 1 aromatic carbocycles. The molecule has 0 aliphatic heterocycles. The van der Waals surface area contributed by atoms with Crippen molar-refractivity contribution in [1.82, 2.24) is 9.97 Å². The van der Waals surface area contributed by atoms with Crippen LogP contribution in [0.4, 0.5) is 21.6 Å². The van der Waals surface area contributed by atoms with Gasteiger partial charge in [0.15, 0.2) is 16.8 Å². The van der Waals surface area contributed by atoms with E-state index in [1.54, 1.807) is 12.4 Å². The third-order valence-corrected chi connectivity index (χ3v) is 4.59. The zero-order chi connectivity index (χ0) is 20.1. The molecule has 2 heterocycles. The first-order valence-corrected chi connectivity index (χ1v) is 9.20. The monoisotopic (exact) mass is 398 g/mol. The number of nitrogens with zero attached hydrogens (tertiary/aromatic N) is 3. The molecule has 28 heavy (non-hydrogen) atoms. The smallest absolute Gasteiger partial charge is 0.218 e. The van der Waals surface area contributed by atoms with E-state index in [4.69, 9.17) is 11.6 Å². The lowest BCUT2D eigenvalue weighted by molar-refractivity contribution is -0.106. The number of nitrogens with one attached hydrogen (secondary N) is 1. The number of amides is 1. The highest BCUT2D eigenvalue weighted by Crippen LogP contribution is 2.33. The normalized spacial score (nSPS) is 10.8. The Balaban J connectivity index is 1.95. The Morgan fingerprint density at radius 2 is 1.86 bits per heavy atom. The van der Waals surface area contributed by atoms with E-state index in [2.05, 4.69) is 29.1 Å². The Morgan fingerprint density at radius 1 is 1.18 bits per heavy atom. The lowest BCUT2D eigenvalue weighted by Gasteiger charge is -2.22. The Kier molecular flexibility index (Phi) is 6.21. The third-order valence-electron chi connectivity index (χ3n) is 4.33. The van der Waals surface area contributed by atoms with E-state index in [9.17, 15) is 9.18 Å². The summed E-state index contributed by atoms with van der Waals surface area (Å²) in [5.41, 5.74) is 2.99. The fourth-order valence-corrected chi connectivity index (χ4v) is 2.87. The lowest BCUT2D eigenvalue weighted by Crippen LogP contribution is -2.17. The summed E-state index contributed by atoms with van der Waals surface area (Å²) >= 11 is 5.87. The molecule has 0 atom stereocenters. The number of hydrogen-bond donors (Lipinski definition) is 1. The van der Waals surface area contributed by atoms with Crippen molar-refractivity contribution in [2.75, 3.05) is 10.2 Å². The van der Waals surface area contributed by atoms with Crippen LogP contribution in [0.15, 0.2) is 54.9 Å². The van der Waals surface area contributed by atoms with Crippen molar-refractivity contribution in [2.24, 2.45) is 0 Å². The van der Waals surface area contributed by atoms with Crippen molar-refractivity contribution in [3.63, 3.8) is 0 Å². The highest BCUT2D eigenvalue weighted by atomic mass is 35.5. The minimum atomic E-state index is -0.697. The molecule has 0 saturated carbocycles.